The van der Waals surface area contributed by atoms with Gasteiger partial charge in [0, 0.05) is 11.6 Å². The van der Waals surface area contributed by atoms with E-state index in [-0.39, 0.29) is 0 Å². The minimum atomic E-state index is 0.392. The lowest BCUT2D eigenvalue weighted by Crippen LogP contribution is -2.29. The topological polar surface area (TPSA) is 26.0 Å². The number of hydrogen-bond donors (Lipinski definition) is 1. The van der Waals surface area contributed by atoms with E-state index < -0.39 is 0 Å². The fraction of sp³-hybridized carbons (Fsp3) is 0.652. The average molecular weight is 332 g/mol. The molecule has 0 amide bonds. The minimum absolute atomic E-state index is 0.392. The Bertz CT molecular complexity index is 499. The van der Waals surface area contributed by atoms with E-state index in [1.165, 1.54) is 24.0 Å². The third kappa shape index (κ3) is 5.40. The zero-order chi connectivity index (χ0) is 18.9. The van der Waals surface area contributed by atoms with Gasteiger partial charge in [0.15, 0.2) is 0 Å². The summed E-state index contributed by atoms with van der Waals surface area (Å²) in [5.41, 5.74) is 10.1. The van der Waals surface area contributed by atoms with Crippen molar-refractivity contribution in [3.05, 3.63) is 41.5 Å². The Morgan fingerprint density at radius 3 is 2.29 bits per heavy atom. The molecule has 24 heavy (non-hydrogen) atoms. The summed E-state index contributed by atoms with van der Waals surface area (Å²) in [7, 11) is 0. The summed E-state index contributed by atoms with van der Waals surface area (Å²) in [4.78, 5) is 0. The normalized spacial score (nSPS) is 20.5. The number of aryl methyl sites for hydroxylation is 1. The van der Waals surface area contributed by atoms with Crippen LogP contribution in [-0.2, 0) is 0 Å². The molecule has 1 heteroatoms. The third-order valence-corrected chi connectivity index (χ3v) is 5.66. The molecule has 1 aliphatic rings. The SMILES string of the molecule is CC.CC.CCC(C)(C)C(C)C1CC=CC1c1cc(N)ccc1C. The molecule has 2 N–H and O–H groups in total. The van der Waals surface area contributed by atoms with Gasteiger partial charge < -0.3 is 5.73 Å². The fourth-order valence-electron chi connectivity index (χ4n) is 3.44. The third-order valence-electron chi connectivity index (χ3n) is 5.66. The molecular formula is C23H41N. The van der Waals surface area contributed by atoms with Gasteiger partial charge in [-0.15, -0.1) is 0 Å². The van der Waals surface area contributed by atoms with Crippen LogP contribution in [0, 0.1) is 24.2 Å². The molecular weight excluding hydrogens is 290 g/mol. The molecule has 2 rings (SSSR count). The van der Waals surface area contributed by atoms with Gasteiger partial charge in [-0.1, -0.05) is 80.0 Å². The van der Waals surface area contributed by atoms with Gasteiger partial charge in [0.1, 0.15) is 0 Å². The predicted molar refractivity (Wildman–Crippen MR) is 112 cm³/mol. The molecule has 0 radical (unpaired) electrons. The van der Waals surface area contributed by atoms with Crippen LogP contribution in [0.15, 0.2) is 30.4 Å². The van der Waals surface area contributed by atoms with Crippen LogP contribution in [0.1, 0.15) is 85.3 Å². The van der Waals surface area contributed by atoms with Gasteiger partial charge >= 0.3 is 0 Å². The summed E-state index contributed by atoms with van der Waals surface area (Å²) in [6.07, 6.45) is 7.19. The van der Waals surface area contributed by atoms with E-state index in [1.54, 1.807) is 0 Å². The van der Waals surface area contributed by atoms with Crippen LogP contribution in [-0.4, -0.2) is 0 Å². The first-order chi connectivity index (χ1) is 11.4. The molecule has 0 aromatic heterocycles. The highest BCUT2D eigenvalue weighted by Crippen LogP contribution is 2.47. The molecule has 0 fully saturated rings. The zero-order valence-corrected chi connectivity index (χ0v) is 17.6. The first-order valence-corrected chi connectivity index (χ1v) is 9.89. The molecule has 138 valence electrons. The van der Waals surface area contributed by atoms with E-state index in [4.69, 9.17) is 5.73 Å². The van der Waals surface area contributed by atoms with Crippen molar-refractivity contribution < 1.29 is 0 Å². The van der Waals surface area contributed by atoms with Crippen molar-refractivity contribution in [3.8, 4) is 0 Å². The second-order valence-corrected chi connectivity index (χ2v) is 7.10. The summed E-state index contributed by atoms with van der Waals surface area (Å²) in [5.74, 6) is 1.93. The summed E-state index contributed by atoms with van der Waals surface area (Å²) >= 11 is 0. The molecule has 3 atom stereocenters. The quantitative estimate of drug-likeness (QED) is 0.452. The molecule has 1 aliphatic carbocycles. The number of benzene rings is 1. The highest BCUT2D eigenvalue weighted by Gasteiger charge is 2.36. The van der Waals surface area contributed by atoms with E-state index in [0.29, 0.717) is 23.2 Å². The van der Waals surface area contributed by atoms with Crippen molar-refractivity contribution in [2.24, 2.45) is 17.3 Å². The maximum absolute atomic E-state index is 6.00. The average Bonchev–Trinajstić information content (AvgIpc) is 3.09. The number of nitrogens with two attached hydrogens (primary N) is 1. The Hall–Kier alpha value is -1.24. The minimum Gasteiger partial charge on any atom is -0.399 e. The molecule has 0 bridgehead atoms. The van der Waals surface area contributed by atoms with Crippen molar-refractivity contribution in [2.75, 3.05) is 5.73 Å². The first kappa shape index (κ1) is 22.8. The highest BCUT2D eigenvalue weighted by atomic mass is 14.5. The fourth-order valence-corrected chi connectivity index (χ4v) is 3.44. The first-order valence-electron chi connectivity index (χ1n) is 9.89. The van der Waals surface area contributed by atoms with Gasteiger partial charge in [-0.25, -0.2) is 0 Å². The lowest BCUT2D eigenvalue weighted by molar-refractivity contribution is 0.145. The molecule has 1 nitrogen and oxygen atoms in total. The Morgan fingerprint density at radius 2 is 1.75 bits per heavy atom. The van der Waals surface area contributed by atoms with Gasteiger partial charge in [-0.3, -0.25) is 0 Å². The molecule has 0 heterocycles. The van der Waals surface area contributed by atoms with Crippen molar-refractivity contribution in [3.63, 3.8) is 0 Å². The standard InChI is InChI=1S/C19H29N.2C2H6/c1-6-19(4,5)14(3)16-8-7-9-17(16)18-12-15(20)11-10-13(18)2;2*1-2/h7,9-12,14,16-17H,6,8,20H2,1-5H3;2*1-2H3. The summed E-state index contributed by atoms with van der Waals surface area (Å²) in [6.45, 7) is 19.7. The molecule has 0 spiro atoms. The summed E-state index contributed by atoms with van der Waals surface area (Å²) < 4.78 is 0. The number of anilines is 1. The van der Waals surface area contributed by atoms with Crippen LogP contribution in [0.25, 0.3) is 0 Å². The Morgan fingerprint density at radius 1 is 1.17 bits per heavy atom. The maximum Gasteiger partial charge on any atom is 0.0317 e. The van der Waals surface area contributed by atoms with Crippen LogP contribution in [0.2, 0.25) is 0 Å². The molecule has 1 aromatic rings. The number of allylic oxidation sites excluding steroid dienone is 2. The van der Waals surface area contributed by atoms with E-state index in [2.05, 4.69) is 58.9 Å². The van der Waals surface area contributed by atoms with Crippen LogP contribution >= 0.6 is 0 Å². The van der Waals surface area contributed by atoms with Crippen LogP contribution < -0.4 is 5.73 Å². The molecule has 0 saturated carbocycles. The Labute approximate surface area is 151 Å². The van der Waals surface area contributed by atoms with Crippen LogP contribution in [0.3, 0.4) is 0 Å². The van der Waals surface area contributed by atoms with Crippen LogP contribution in [0.4, 0.5) is 5.69 Å². The predicted octanol–water partition coefficient (Wildman–Crippen LogP) is 7.36. The second-order valence-electron chi connectivity index (χ2n) is 7.10. The summed E-state index contributed by atoms with van der Waals surface area (Å²) in [6, 6.07) is 6.34. The largest absolute Gasteiger partial charge is 0.399 e. The zero-order valence-electron chi connectivity index (χ0n) is 17.6. The summed E-state index contributed by atoms with van der Waals surface area (Å²) in [5, 5.41) is 0. The van der Waals surface area contributed by atoms with Gasteiger partial charge in [0.2, 0.25) is 0 Å². The number of hydrogen-bond acceptors (Lipinski definition) is 1. The lowest BCUT2D eigenvalue weighted by Gasteiger charge is -2.38. The van der Waals surface area contributed by atoms with E-state index >= 15 is 0 Å². The van der Waals surface area contributed by atoms with Gasteiger partial charge in [-0.05, 0) is 53.9 Å². The van der Waals surface area contributed by atoms with Crippen LogP contribution in [0.5, 0.6) is 0 Å². The van der Waals surface area contributed by atoms with Gasteiger partial charge in [0.25, 0.3) is 0 Å². The van der Waals surface area contributed by atoms with Crippen molar-refractivity contribution >= 4 is 5.69 Å². The molecule has 0 aliphatic heterocycles. The molecule has 0 saturated heterocycles. The van der Waals surface area contributed by atoms with Crippen molar-refractivity contribution in [2.45, 2.75) is 81.1 Å². The Kier molecular flexibility index (Phi) is 10.0. The highest BCUT2D eigenvalue weighted by molar-refractivity contribution is 5.47. The van der Waals surface area contributed by atoms with E-state index in [1.807, 2.05) is 33.8 Å². The monoisotopic (exact) mass is 331 g/mol. The smallest absolute Gasteiger partial charge is 0.0317 e. The van der Waals surface area contributed by atoms with E-state index in [9.17, 15) is 0 Å². The second kappa shape index (κ2) is 10.6. The van der Waals surface area contributed by atoms with Gasteiger partial charge in [-0.2, -0.15) is 0 Å². The van der Waals surface area contributed by atoms with Crippen molar-refractivity contribution in [1.29, 1.82) is 0 Å². The molecule has 3 unspecified atom stereocenters. The van der Waals surface area contributed by atoms with Gasteiger partial charge in [0.05, 0.1) is 0 Å². The molecule has 1 aromatic carbocycles. The van der Waals surface area contributed by atoms with Crippen molar-refractivity contribution in [1.82, 2.24) is 0 Å². The number of rotatable bonds is 4. The number of nitrogen functional groups attached to an aromatic ring is 1. The lowest BCUT2D eigenvalue weighted by atomic mass is 9.67. The van der Waals surface area contributed by atoms with E-state index in [0.717, 1.165) is 5.69 Å². The Balaban J connectivity index is 0.00000123. The maximum atomic E-state index is 6.00.